The predicted molar refractivity (Wildman–Crippen MR) is 221 cm³/mol. The molecule has 0 radical (unpaired) electrons. The summed E-state index contributed by atoms with van der Waals surface area (Å²) in [5.74, 6) is 0. The van der Waals surface area contributed by atoms with Crippen LogP contribution < -0.4 is 4.90 Å². The van der Waals surface area contributed by atoms with Gasteiger partial charge in [-0.3, -0.25) is 4.40 Å². The molecule has 0 unspecified atom stereocenters. The van der Waals surface area contributed by atoms with Crippen molar-refractivity contribution in [2.45, 2.75) is 0 Å². The molecule has 7 aromatic carbocycles. The zero-order valence-electron chi connectivity index (χ0n) is 28.9. The number of benzene rings is 7. The zero-order chi connectivity index (χ0) is 35.1. The van der Waals surface area contributed by atoms with E-state index in [1.807, 2.05) is 12.1 Å². The van der Waals surface area contributed by atoms with Gasteiger partial charge in [-0.1, -0.05) is 127 Å². The number of imidazole rings is 1. The molecule has 250 valence electrons. The molecule has 3 heterocycles. The molecule has 4 heteroatoms. The summed E-state index contributed by atoms with van der Waals surface area (Å²) in [5, 5.41) is 2.51. The Bertz CT molecular complexity index is 2850. The Labute approximate surface area is 308 Å². The van der Waals surface area contributed by atoms with Crippen LogP contribution in [0.15, 0.2) is 206 Å². The number of fused-ring (bicyclic) bond motifs is 4. The Kier molecular flexibility index (Phi) is 7.43. The van der Waals surface area contributed by atoms with E-state index >= 15 is 0 Å². The topological polar surface area (TPSA) is 25.5 Å². The lowest BCUT2D eigenvalue weighted by molar-refractivity contribution is 1.18. The van der Waals surface area contributed by atoms with E-state index in [0.717, 1.165) is 50.9 Å². The standard InChI is InChI=1S/C49H34N4/c1-4-14-36(15-5-1)48-49(51-33-13-12-22-47(51)50-48)37-25-30-42(31-26-37)52(39-16-6-2-7-17-39)41-28-23-35(24-29-41)38-27-32-44-43-20-10-11-21-45(43)53(46(44)34-38)40-18-8-3-9-19-40/h1-34H. The first-order valence-electron chi connectivity index (χ1n) is 18.0. The lowest BCUT2D eigenvalue weighted by atomic mass is 10.0. The van der Waals surface area contributed by atoms with Crippen LogP contribution in [0.5, 0.6) is 0 Å². The van der Waals surface area contributed by atoms with Crippen LogP contribution in [-0.4, -0.2) is 14.0 Å². The Morgan fingerprint density at radius 1 is 0.396 bits per heavy atom. The van der Waals surface area contributed by atoms with Crippen molar-refractivity contribution in [1.82, 2.24) is 14.0 Å². The van der Waals surface area contributed by atoms with Gasteiger partial charge in [-0.2, -0.15) is 0 Å². The molecule has 0 spiro atoms. The van der Waals surface area contributed by atoms with E-state index < -0.39 is 0 Å². The molecule has 0 aliphatic carbocycles. The summed E-state index contributed by atoms with van der Waals surface area (Å²) in [6.07, 6.45) is 2.09. The average molecular weight is 679 g/mol. The normalized spacial score (nSPS) is 11.4. The molecule has 10 aromatic rings. The molecule has 3 aromatic heterocycles. The lowest BCUT2D eigenvalue weighted by Crippen LogP contribution is -2.09. The van der Waals surface area contributed by atoms with Gasteiger partial charge in [0.1, 0.15) is 5.65 Å². The van der Waals surface area contributed by atoms with Crippen molar-refractivity contribution in [3.05, 3.63) is 206 Å². The molecule has 4 nitrogen and oxygen atoms in total. The van der Waals surface area contributed by atoms with E-state index in [9.17, 15) is 0 Å². The summed E-state index contributed by atoms with van der Waals surface area (Å²) in [6.45, 7) is 0. The Balaban J connectivity index is 1.04. The van der Waals surface area contributed by atoms with Crippen molar-refractivity contribution in [2.24, 2.45) is 0 Å². The second-order valence-corrected chi connectivity index (χ2v) is 13.3. The van der Waals surface area contributed by atoms with Gasteiger partial charge in [-0.05, 0) is 83.9 Å². The molecule has 0 saturated heterocycles. The maximum atomic E-state index is 5.04. The second-order valence-electron chi connectivity index (χ2n) is 13.3. The third kappa shape index (κ3) is 5.36. The highest BCUT2D eigenvalue weighted by Gasteiger charge is 2.18. The monoisotopic (exact) mass is 678 g/mol. The Morgan fingerprint density at radius 2 is 0.962 bits per heavy atom. The summed E-state index contributed by atoms with van der Waals surface area (Å²) >= 11 is 0. The predicted octanol–water partition coefficient (Wildman–Crippen LogP) is 12.9. The summed E-state index contributed by atoms with van der Waals surface area (Å²) in [6, 6.07) is 71.1. The fourth-order valence-electron chi connectivity index (χ4n) is 7.67. The maximum Gasteiger partial charge on any atom is 0.137 e. The Morgan fingerprint density at radius 3 is 1.70 bits per heavy atom. The maximum absolute atomic E-state index is 5.04. The van der Waals surface area contributed by atoms with Crippen LogP contribution >= 0.6 is 0 Å². The number of nitrogens with zero attached hydrogens (tertiary/aromatic N) is 4. The van der Waals surface area contributed by atoms with Crippen LogP contribution in [0.25, 0.3) is 66.8 Å². The van der Waals surface area contributed by atoms with Crippen LogP contribution in [0, 0.1) is 0 Å². The summed E-state index contributed by atoms with van der Waals surface area (Å²) in [7, 11) is 0. The summed E-state index contributed by atoms with van der Waals surface area (Å²) < 4.78 is 4.56. The average Bonchev–Trinajstić information content (AvgIpc) is 3.79. The second kappa shape index (κ2) is 12.9. The van der Waals surface area contributed by atoms with Crippen molar-refractivity contribution in [3.8, 4) is 39.3 Å². The first-order chi connectivity index (χ1) is 26.3. The van der Waals surface area contributed by atoms with Gasteiger partial charge in [0.2, 0.25) is 0 Å². The van der Waals surface area contributed by atoms with E-state index in [-0.39, 0.29) is 0 Å². The largest absolute Gasteiger partial charge is 0.311 e. The van der Waals surface area contributed by atoms with E-state index in [1.165, 1.54) is 32.9 Å². The number of anilines is 3. The minimum atomic E-state index is 0.928. The quantitative estimate of drug-likeness (QED) is 0.168. The van der Waals surface area contributed by atoms with Crippen LogP contribution in [-0.2, 0) is 0 Å². The number of rotatable bonds is 7. The number of pyridine rings is 1. The van der Waals surface area contributed by atoms with Crippen LogP contribution in [0.4, 0.5) is 17.1 Å². The van der Waals surface area contributed by atoms with Crippen molar-refractivity contribution < 1.29 is 0 Å². The van der Waals surface area contributed by atoms with Crippen molar-refractivity contribution in [3.63, 3.8) is 0 Å². The highest BCUT2D eigenvalue weighted by Crippen LogP contribution is 2.40. The van der Waals surface area contributed by atoms with E-state index in [4.69, 9.17) is 4.98 Å². The molecule has 0 amide bonds. The lowest BCUT2D eigenvalue weighted by Gasteiger charge is -2.26. The van der Waals surface area contributed by atoms with Gasteiger partial charge >= 0.3 is 0 Å². The molecule has 0 fully saturated rings. The van der Waals surface area contributed by atoms with Gasteiger partial charge in [-0.15, -0.1) is 0 Å². The Hall–Kier alpha value is -7.17. The van der Waals surface area contributed by atoms with E-state index in [2.05, 4.69) is 208 Å². The van der Waals surface area contributed by atoms with Crippen LogP contribution in [0.2, 0.25) is 0 Å². The molecule has 0 atom stereocenters. The van der Waals surface area contributed by atoms with Crippen molar-refractivity contribution in [2.75, 3.05) is 4.90 Å². The summed E-state index contributed by atoms with van der Waals surface area (Å²) in [5.41, 5.74) is 14.4. The number of hydrogen-bond donors (Lipinski definition) is 0. The van der Waals surface area contributed by atoms with Gasteiger partial charge in [0.05, 0.1) is 22.4 Å². The van der Waals surface area contributed by atoms with Gasteiger partial charge in [-0.25, -0.2) is 4.98 Å². The first kappa shape index (κ1) is 30.6. The number of aromatic nitrogens is 3. The molecule has 0 aliphatic heterocycles. The molecule has 0 aliphatic rings. The molecular formula is C49H34N4. The molecule has 0 N–H and O–H groups in total. The SMILES string of the molecule is c1ccc(-c2nc3ccccn3c2-c2ccc(N(c3ccccc3)c3ccc(-c4ccc5c6ccccc6n(-c6ccccc6)c5c4)cc3)cc2)cc1. The zero-order valence-corrected chi connectivity index (χ0v) is 28.9. The highest BCUT2D eigenvalue weighted by molar-refractivity contribution is 6.10. The minimum absolute atomic E-state index is 0.928. The van der Waals surface area contributed by atoms with Crippen LogP contribution in [0.1, 0.15) is 0 Å². The smallest absolute Gasteiger partial charge is 0.137 e. The third-order valence-electron chi connectivity index (χ3n) is 10.1. The molecule has 0 bridgehead atoms. The van der Waals surface area contributed by atoms with E-state index in [0.29, 0.717) is 0 Å². The van der Waals surface area contributed by atoms with E-state index in [1.54, 1.807) is 0 Å². The third-order valence-corrected chi connectivity index (χ3v) is 10.1. The fraction of sp³-hybridized carbons (Fsp3) is 0. The van der Waals surface area contributed by atoms with Crippen molar-refractivity contribution in [1.29, 1.82) is 0 Å². The van der Waals surface area contributed by atoms with Crippen LogP contribution in [0.3, 0.4) is 0 Å². The molecule has 10 rings (SSSR count). The van der Waals surface area contributed by atoms with Gasteiger partial charge in [0.25, 0.3) is 0 Å². The summed E-state index contributed by atoms with van der Waals surface area (Å²) in [4.78, 5) is 7.36. The van der Waals surface area contributed by atoms with Gasteiger partial charge in [0.15, 0.2) is 0 Å². The molecule has 53 heavy (non-hydrogen) atoms. The number of para-hydroxylation sites is 3. The number of hydrogen-bond acceptors (Lipinski definition) is 2. The van der Waals surface area contributed by atoms with Crippen molar-refractivity contribution >= 4 is 44.5 Å². The fourth-order valence-corrected chi connectivity index (χ4v) is 7.67. The molecule has 0 saturated carbocycles. The van der Waals surface area contributed by atoms with Gasteiger partial charge in [0, 0.05) is 50.8 Å². The minimum Gasteiger partial charge on any atom is -0.311 e. The van der Waals surface area contributed by atoms with Gasteiger partial charge < -0.3 is 9.47 Å². The molecular weight excluding hydrogens is 645 g/mol. The highest BCUT2D eigenvalue weighted by atomic mass is 15.1. The first-order valence-corrected chi connectivity index (χ1v) is 18.0.